The smallest absolute Gasteiger partial charge is 0.338 e. The number of hydrogen-bond donors (Lipinski definition) is 2. The predicted molar refractivity (Wildman–Crippen MR) is 104 cm³/mol. The molecule has 0 saturated heterocycles. The zero-order valence-corrected chi connectivity index (χ0v) is 15.3. The van der Waals surface area contributed by atoms with E-state index in [1.54, 1.807) is 6.07 Å². The van der Waals surface area contributed by atoms with Crippen LogP contribution in [0.25, 0.3) is 0 Å². The Morgan fingerprint density at radius 1 is 1.20 bits per heavy atom. The number of carbonyl (C=O) groups is 1. The Morgan fingerprint density at radius 2 is 2.00 bits per heavy atom. The van der Waals surface area contributed by atoms with Crippen LogP contribution in [-0.4, -0.2) is 18.2 Å². The Kier molecular flexibility index (Phi) is 5.34. The molecule has 4 nitrogen and oxygen atoms in total. The summed E-state index contributed by atoms with van der Waals surface area (Å²) in [4.78, 5) is 11.8. The van der Waals surface area contributed by atoms with Gasteiger partial charge in [0.1, 0.15) is 0 Å². The van der Waals surface area contributed by atoms with Crippen LogP contribution in [-0.2, 0) is 11.2 Å². The summed E-state index contributed by atoms with van der Waals surface area (Å²) >= 11 is 5.50. The fourth-order valence-electron chi connectivity index (χ4n) is 3.32. The van der Waals surface area contributed by atoms with Gasteiger partial charge in [0.2, 0.25) is 0 Å². The van der Waals surface area contributed by atoms with Crippen LogP contribution >= 0.6 is 12.2 Å². The first kappa shape index (κ1) is 17.4. The molecule has 3 rings (SSSR count). The van der Waals surface area contributed by atoms with Gasteiger partial charge in [-0.1, -0.05) is 30.3 Å². The van der Waals surface area contributed by atoms with E-state index in [1.165, 1.54) is 18.2 Å². The second-order valence-corrected chi connectivity index (χ2v) is 6.62. The average molecular weight is 354 g/mol. The van der Waals surface area contributed by atoms with Crippen molar-refractivity contribution in [2.45, 2.75) is 32.2 Å². The van der Waals surface area contributed by atoms with Gasteiger partial charge in [-0.25, -0.2) is 4.79 Å². The maximum Gasteiger partial charge on any atom is 0.338 e. The number of carbonyl (C=O) groups excluding carboxylic acids is 1. The van der Waals surface area contributed by atoms with Crippen LogP contribution in [0.1, 0.15) is 45.9 Å². The van der Waals surface area contributed by atoms with Gasteiger partial charge in [0.05, 0.1) is 18.7 Å². The quantitative estimate of drug-likeness (QED) is 0.641. The third-order valence-corrected chi connectivity index (χ3v) is 4.88. The molecule has 1 unspecified atom stereocenters. The van der Waals surface area contributed by atoms with Gasteiger partial charge < -0.3 is 15.4 Å². The fourth-order valence-corrected chi connectivity index (χ4v) is 3.57. The summed E-state index contributed by atoms with van der Waals surface area (Å²) in [6.45, 7) is 1.88. The van der Waals surface area contributed by atoms with Gasteiger partial charge in [-0.05, 0) is 67.2 Å². The number of hydrogen-bond acceptors (Lipinski definition) is 3. The molecule has 0 bridgehead atoms. The fraction of sp³-hybridized carbons (Fsp3) is 0.300. The summed E-state index contributed by atoms with van der Waals surface area (Å²) in [6, 6.07) is 14.2. The molecule has 2 aromatic carbocycles. The van der Waals surface area contributed by atoms with E-state index in [2.05, 4.69) is 34.9 Å². The number of rotatable bonds is 3. The number of esters is 1. The van der Waals surface area contributed by atoms with E-state index < -0.39 is 0 Å². The molecule has 2 aromatic rings. The van der Waals surface area contributed by atoms with Crippen LogP contribution in [0.5, 0.6) is 0 Å². The van der Waals surface area contributed by atoms with Gasteiger partial charge in [-0.3, -0.25) is 0 Å². The zero-order valence-electron chi connectivity index (χ0n) is 14.5. The maximum absolute atomic E-state index is 11.8. The topological polar surface area (TPSA) is 50.4 Å². The Bertz CT molecular complexity index is 804. The molecule has 0 fully saturated rings. The molecule has 25 heavy (non-hydrogen) atoms. The van der Waals surface area contributed by atoms with E-state index in [9.17, 15) is 4.79 Å². The number of anilines is 1. The lowest BCUT2D eigenvalue weighted by molar-refractivity contribution is 0.0600. The van der Waals surface area contributed by atoms with E-state index in [1.807, 2.05) is 19.1 Å². The number of benzene rings is 2. The molecule has 130 valence electrons. The average Bonchev–Trinajstić information content (AvgIpc) is 2.63. The Morgan fingerprint density at radius 3 is 2.80 bits per heavy atom. The first-order valence-corrected chi connectivity index (χ1v) is 8.84. The summed E-state index contributed by atoms with van der Waals surface area (Å²) in [7, 11) is 1.38. The van der Waals surface area contributed by atoms with E-state index in [-0.39, 0.29) is 12.0 Å². The highest BCUT2D eigenvalue weighted by Gasteiger charge is 2.20. The van der Waals surface area contributed by atoms with Crippen molar-refractivity contribution in [2.24, 2.45) is 0 Å². The molecular formula is C20H22N2O2S. The highest BCUT2D eigenvalue weighted by molar-refractivity contribution is 7.80. The molecule has 0 aromatic heterocycles. The van der Waals surface area contributed by atoms with Crippen molar-refractivity contribution >= 4 is 29.0 Å². The van der Waals surface area contributed by atoms with Crippen LogP contribution in [0.2, 0.25) is 0 Å². The molecule has 1 aliphatic rings. The van der Waals surface area contributed by atoms with E-state index in [0.717, 1.165) is 30.5 Å². The molecule has 5 heteroatoms. The number of thiocarbonyl (C=S) groups is 1. The van der Waals surface area contributed by atoms with Crippen molar-refractivity contribution in [3.63, 3.8) is 0 Å². The van der Waals surface area contributed by atoms with Crippen molar-refractivity contribution in [1.82, 2.24) is 5.32 Å². The summed E-state index contributed by atoms with van der Waals surface area (Å²) in [5, 5.41) is 7.20. The highest BCUT2D eigenvalue weighted by Crippen LogP contribution is 2.29. The predicted octanol–water partition coefficient (Wildman–Crippen LogP) is 4.15. The maximum atomic E-state index is 11.8. The molecule has 0 aliphatic heterocycles. The molecule has 0 saturated carbocycles. The summed E-state index contributed by atoms with van der Waals surface area (Å²) in [5.41, 5.74) is 4.88. The van der Waals surface area contributed by atoms with E-state index in [0.29, 0.717) is 10.7 Å². The number of nitrogens with one attached hydrogen (secondary N) is 2. The molecule has 0 radical (unpaired) electrons. The minimum atomic E-state index is -0.346. The summed E-state index contributed by atoms with van der Waals surface area (Å²) in [6.07, 6.45) is 3.32. The third-order valence-electron chi connectivity index (χ3n) is 4.66. The van der Waals surface area contributed by atoms with Gasteiger partial charge in [0, 0.05) is 5.69 Å². The normalized spacial score (nSPS) is 15.8. The lowest BCUT2D eigenvalue weighted by Crippen LogP contribution is -2.34. The standard InChI is InChI=1S/C20H22N2O2S/c1-13-15(19(23)24-2)10-6-11-17(13)21-20(25)22-18-12-5-8-14-7-3-4-9-16(14)18/h3-4,6-7,9-11,18H,5,8,12H2,1-2H3,(H2,21,22,25). The van der Waals surface area contributed by atoms with Crippen molar-refractivity contribution < 1.29 is 9.53 Å². The Balaban J connectivity index is 1.73. The number of aryl methyl sites for hydroxylation is 1. The second-order valence-electron chi connectivity index (χ2n) is 6.21. The number of fused-ring (bicyclic) bond motifs is 1. The minimum absolute atomic E-state index is 0.217. The molecule has 0 amide bonds. The first-order chi connectivity index (χ1) is 12.1. The second kappa shape index (κ2) is 7.66. The first-order valence-electron chi connectivity index (χ1n) is 8.43. The van der Waals surface area contributed by atoms with Gasteiger partial charge in [0.15, 0.2) is 5.11 Å². The van der Waals surface area contributed by atoms with Gasteiger partial charge in [0.25, 0.3) is 0 Å². The lowest BCUT2D eigenvalue weighted by Gasteiger charge is -2.27. The highest BCUT2D eigenvalue weighted by atomic mass is 32.1. The molecule has 1 aliphatic carbocycles. The summed E-state index contributed by atoms with van der Waals surface area (Å²) < 4.78 is 4.82. The largest absolute Gasteiger partial charge is 0.465 e. The van der Waals surface area contributed by atoms with Crippen LogP contribution in [0.4, 0.5) is 5.69 Å². The van der Waals surface area contributed by atoms with Crippen LogP contribution in [0, 0.1) is 6.92 Å². The summed E-state index contributed by atoms with van der Waals surface area (Å²) in [5.74, 6) is -0.346. The molecule has 0 heterocycles. The van der Waals surface area contributed by atoms with Crippen LogP contribution in [0.3, 0.4) is 0 Å². The van der Waals surface area contributed by atoms with Crippen molar-refractivity contribution in [2.75, 3.05) is 12.4 Å². The number of methoxy groups -OCH3 is 1. The van der Waals surface area contributed by atoms with E-state index >= 15 is 0 Å². The Hall–Kier alpha value is -2.40. The van der Waals surface area contributed by atoms with Crippen molar-refractivity contribution in [1.29, 1.82) is 0 Å². The van der Waals surface area contributed by atoms with Gasteiger partial charge in [-0.15, -0.1) is 0 Å². The van der Waals surface area contributed by atoms with Gasteiger partial charge >= 0.3 is 5.97 Å². The molecule has 0 spiro atoms. The van der Waals surface area contributed by atoms with Gasteiger partial charge in [-0.2, -0.15) is 0 Å². The molecule has 2 N–H and O–H groups in total. The van der Waals surface area contributed by atoms with Crippen molar-refractivity contribution in [3.8, 4) is 0 Å². The molecule has 1 atom stereocenters. The van der Waals surface area contributed by atoms with Crippen LogP contribution < -0.4 is 10.6 Å². The monoisotopic (exact) mass is 354 g/mol. The third kappa shape index (κ3) is 3.82. The number of ether oxygens (including phenoxy) is 1. The van der Waals surface area contributed by atoms with E-state index in [4.69, 9.17) is 17.0 Å². The minimum Gasteiger partial charge on any atom is -0.465 e. The SMILES string of the molecule is COC(=O)c1cccc(NC(=S)NC2CCCc3ccccc32)c1C. The van der Waals surface area contributed by atoms with Crippen LogP contribution in [0.15, 0.2) is 42.5 Å². The molecular weight excluding hydrogens is 332 g/mol. The lowest BCUT2D eigenvalue weighted by atomic mass is 9.88. The van der Waals surface area contributed by atoms with Crippen molar-refractivity contribution in [3.05, 3.63) is 64.7 Å². The zero-order chi connectivity index (χ0) is 17.8. The Labute approximate surface area is 153 Å².